The number of amides is 2. The number of carbonyl (C=O) groups is 2. The minimum atomic E-state index is -0.428. The minimum absolute atomic E-state index is 0.0394. The molecule has 6 heteroatoms. The summed E-state index contributed by atoms with van der Waals surface area (Å²) >= 11 is 0. The number of hydrogen-bond acceptors (Lipinski definition) is 4. The van der Waals surface area contributed by atoms with Crippen LogP contribution in [0.3, 0.4) is 0 Å². The Labute approximate surface area is 137 Å². The van der Waals surface area contributed by atoms with Crippen LogP contribution < -0.4 is 0 Å². The third-order valence-corrected chi connectivity index (χ3v) is 3.98. The van der Waals surface area contributed by atoms with Crippen LogP contribution in [0.25, 0.3) is 0 Å². The predicted octanol–water partition coefficient (Wildman–Crippen LogP) is 1.11. The standard InChI is InChI=1S/C17H25N3O3/c1-4-19(10-7-15-5-8-18-9-6-15)16(21)17(22)20-11-13(2)23-14(3)12-20/h5-6,8-9,13-14H,4,7,10-12H2,1-3H3. The summed E-state index contributed by atoms with van der Waals surface area (Å²) in [5.74, 6) is -0.855. The Morgan fingerprint density at radius 1 is 1.26 bits per heavy atom. The minimum Gasteiger partial charge on any atom is -0.372 e. The van der Waals surface area contributed by atoms with E-state index in [1.165, 1.54) is 0 Å². The van der Waals surface area contributed by atoms with Gasteiger partial charge < -0.3 is 14.5 Å². The van der Waals surface area contributed by atoms with Gasteiger partial charge in [0.15, 0.2) is 0 Å². The summed E-state index contributed by atoms with van der Waals surface area (Å²) in [5, 5.41) is 0. The molecule has 1 aliphatic heterocycles. The van der Waals surface area contributed by atoms with Gasteiger partial charge in [-0.05, 0) is 44.9 Å². The van der Waals surface area contributed by atoms with Crippen LogP contribution in [0.5, 0.6) is 0 Å². The van der Waals surface area contributed by atoms with Crippen LogP contribution in [-0.2, 0) is 20.7 Å². The summed E-state index contributed by atoms with van der Waals surface area (Å²) in [5.41, 5.74) is 1.10. The van der Waals surface area contributed by atoms with E-state index in [1.807, 2.05) is 32.9 Å². The number of carbonyl (C=O) groups excluding carboxylic acids is 2. The monoisotopic (exact) mass is 319 g/mol. The predicted molar refractivity (Wildman–Crippen MR) is 86.8 cm³/mol. The molecule has 2 rings (SSSR count). The van der Waals surface area contributed by atoms with E-state index < -0.39 is 11.8 Å². The van der Waals surface area contributed by atoms with Crippen LogP contribution in [0.1, 0.15) is 26.3 Å². The van der Waals surface area contributed by atoms with Crippen molar-refractivity contribution in [2.75, 3.05) is 26.2 Å². The normalized spacial score (nSPS) is 21.1. The summed E-state index contributed by atoms with van der Waals surface area (Å²) in [7, 11) is 0. The molecule has 2 heterocycles. The van der Waals surface area contributed by atoms with Gasteiger partial charge in [0.25, 0.3) is 0 Å². The first-order valence-corrected chi connectivity index (χ1v) is 8.13. The molecule has 0 N–H and O–H groups in total. The zero-order valence-corrected chi connectivity index (χ0v) is 14.1. The van der Waals surface area contributed by atoms with Crippen molar-refractivity contribution in [3.63, 3.8) is 0 Å². The summed E-state index contributed by atoms with van der Waals surface area (Å²) in [4.78, 5) is 32.1. The van der Waals surface area contributed by atoms with Gasteiger partial charge in [-0.15, -0.1) is 0 Å². The summed E-state index contributed by atoms with van der Waals surface area (Å²) < 4.78 is 5.61. The summed E-state index contributed by atoms with van der Waals surface area (Å²) in [6, 6.07) is 3.84. The molecule has 23 heavy (non-hydrogen) atoms. The Bertz CT molecular complexity index is 525. The average molecular weight is 319 g/mol. The van der Waals surface area contributed by atoms with Gasteiger partial charge in [0.05, 0.1) is 12.2 Å². The first kappa shape index (κ1) is 17.4. The lowest BCUT2D eigenvalue weighted by atomic mass is 10.2. The molecule has 0 bridgehead atoms. The average Bonchev–Trinajstić information content (AvgIpc) is 2.54. The highest BCUT2D eigenvalue weighted by molar-refractivity contribution is 6.34. The van der Waals surface area contributed by atoms with E-state index in [1.54, 1.807) is 22.2 Å². The van der Waals surface area contributed by atoms with Crippen LogP contribution in [0.2, 0.25) is 0 Å². The number of rotatable bonds is 4. The van der Waals surface area contributed by atoms with E-state index in [-0.39, 0.29) is 12.2 Å². The van der Waals surface area contributed by atoms with Crippen molar-refractivity contribution >= 4 is 11.8 Å². The van der Waals surface area contributed by atoms with Gasteiger partial charge >= 0.3 is 11.8 Å². The maximum Gasteiger partial charge on any atom is 0.312 e. The fourth-order valence-corrected chi connectivity index (χ4v) is 2.83. The van der Waals surface area contributed by atoms with E-state index in [0.29, 0.717) is 32.6 Å². The van der Waals surface area contributed by atoms with Crippen LogP contribution in [0.4, 0.5) is 0 Å². The molecule has 1 aromatic heterocycles. The number of pyridine rings is 1. The van der Waals surface area contributed by atoms with Crippen molar-refractivity contribution in [1.29, 1.82) is 0 Å². The van der Waals surface area contributed by atoms with E-state index >= 15 is 0 Å². The second-order valence-electron chi connectivity index (χ2n) is 5.96. The molecule has 0 aromatic carbocycles. The molecule has 0 saturated carbocycles. The molecule has 2 amide bonds. The van der Waals surface area contributed by atoms with Gasteiger partial charge in [0.2, 0.25) is 0 Å². The SMILES string of the molecule is CCN(CCc1ccncc1)C(=O)C(=O)N1CC(C)OC(C)C1. The van der Waals surface area contributed by atoms with Crippen molar-refractivity contribution in [3.05, 3.63) is 30.1 Å². The maximum absolute atomic E-state index is 12.5. The lowest BCUT2D eigenvalue weighted by Crippen LogP contribution is -2.53. The molecule has 0 radical (unpaired) electrons. The van der Waals surface area contributed by atoms with Gasteiger partial charge in [-0.3, -0.25) is 14.6 Å². The number of ether oxygens (including phenoxy) is 1. The van der Waals surface area contributed by atoms with Crippen molar-refractivity contribution in [2.24, 2.45) is 0 Å². The molecule has 126 valence electrons. The van der Waals surface area contributed by atoms with Gasteiger partial charge in [0, 0.05) is 38.6 Å². The number of hydrogen-bond donors (Lipinski definition) is 0. The van der Waals surface area contributed by atoms with Gasteiger partial charge in [-0.2, -0.15) is 0 Å². The molecule has 0 aliphatic carbocycles. The Kier molecular flexibility index (Phi) is 6.10. The first-order valence-electron chi connectivity index (χ1n) is 8.13. The topological polar surface area (TPSA) is 62.7 Å². The van der Waals surface area contributed by atoms with Gasteiger partial charge in [0.1, 0.15) is 0 Å². The second kappa shape index (κ2) is 8.06. The molecule has 6 nitrogen and oxygen atoms in total. The lowest BCUT2D eigenvalue weighted by molar-refractivity contribution is -0.158. The molecule has 0 spiro atoms. The summed E-state index contributed by atoms with van der Waals surface area (Å²) in [6.07, 6.45) is 4.10. The van der Waals surface area contributed by atoms with Crippen LogP contribution in [-0.4, -0.2) is 65.0 Å². The molecule has 2 atom stereocenters. The Hall–Kier alpha value is -1.95. The number of likely N-dealkylation sites (N-methyl/N-ethyl adjacent to an activating group) is 1. The summed E-state index contributed by atoms with van der Waals surface area (Å²) in [6.45, 7) is 7.71. The fraction of sp³-hybridized carbons (Fsp3) is 0.588. The highest BCUT2D eigenvalue weighted by atomic mass is 16.5. The Morgan fingerprint density at radius 3 is 2.43 bits per heavy atom. The number of aromatic nitrogens is 1. The quantitative estimate of drug-likeness (QED) is 0.780. The zero-order chi connectivity index (χ0) is 16.8. The second-order valence-corrected chi connectivity index (χ2v) is 5.96. The highest BCUT2D eigenvalue weighted by Crippen LogP contribution is 2.12. The lowest BCUT2D eigenvalue weighted by Gasteiger charge is -2.35. The van der Waals surface area contributed by atoms with Crippen molar-refractivity contribution in [1.82, 2.24) is 14.8 Å². The zero-order valence-electron chi connectivity index (χ0n) is 14.1. The van der Waals surface area contributed by atoms with Crippen LogP contribution in [0.15, 0.2) is 24.5 Å². The molecular formula is C17H25N3O3. The van der Waals surface area contributed by atoms with Crippen molar-refractivity contribution in [3.8, 4) is 0 Å². The van der Waals surface area contributed by atoms with Gasteiger partial charge in [-0.1, -0.05) is 0 Å². The van der Waals surface area contributed by atoms with E-state index in [4.69, 9.17) is 4.74 Å². The van der Waals surface area contributed by atoms with E-state index in [2.05, 4.69) is 4.98 Å². The number of nitrogens with zero attached hydrogens (tertiary/aromatic N) is 3. The van der Waals surface area contributed by atoms with Gasteiger partial charge in [-0.25, -0.2) is 0 Å². The third kappa shape index (κ3) is 4.76. The molecule has 1 aliphatic rings. The largest absolute Gasteiger partial charge is 0.372 e. The first-order chi connectivity index (χ1) is 11.0. The van der Waals surface area contributed by atoms with Crippen LogP contribution in [0, 0.1) is 0 Å². The Balaban J connectivity index is 1.94. The molecule has 1 saturated heterocycles. The smallest absolute Gasteiger partial charge is 0.312 e. The van der Waals surface area contributed by atoms with Crippen molar-refractivity contribution in [2.45, 2.75) is 39.4 Å². The Morgan fingerprint density at radius 2 is 1.87 bits per heavy atom. The third-order valence-electron chi connectivity index (χ3n) is 3.98. The van der Waals surface area contributed by atoms with E-state index in [0.717, 1.165) is 5.56 Å². The maximum atomic E-state index is 12.5. The van der Waals surface area contributed by atoms with Crippen LogP contribution >= 0.6 is 0 Å². The molecule has 2 unspecified atom stereocenters. The van der Waals surface area contributed by atoms with E-state index in [9.17, 15) is 9.59 Å². The number of morpholine rings is 1. The van der Waals surface area contributed by atoms with Crippen molar-refractivity contribution < 1.29 is 14.3 Å². The highest BCUT2D eigenvalue weighted by Gasteiger charge is 2.31. The fourth-order valence-electron chi connectivity index (χ4n) is 2.83. The molecule has 1 fully saturated rings. The molecule has 1 aromatic rings. The molecular weight excluding hydrogens is 294 g/mol.